The number of aromatic nitrogens is 3. The Bertz CT molecular complexity index is 555. The van der Waals surface area contributed by atoms with E-state index in [1.165, 1.54) is 17.5 Å². The molecule has 1 amide bonds. The second kappa shape index (κ2) is 5.79. The normalized spacial score (nSPS) is 9.72. The van der Waals surface area contributed by atoms with Crippen LogP contribution in [0.3, 0.4) is 0 Å². The zero-order chi connectivity index (χ0) is 12.8. The molecule has 0 aromatic carbocycles. The van der Waals surface area contributed by atoms with Gasteiger partial charge in [-0.2, -0.15) is 10.4 Å². The first-order valence-electron chi connectivity index (χ1n) is 5.16. The molecule has 0 aliphatic rings. The molecule has 0 fully saturated rings. The maximum atomic E-state index is 11.8. The van der Waals surface area contributed by atoms with Crippen molar-refractivity contribution in [3.05, 3.63) is 23.5 Å². The highest BCUT2D eigenvalue weighted by molar-refractivity contribution is 7.13. The summed E-state index contributed by atoms with van der Waals surface area (Å²) in [4.78, 5) is 15.8. The van der Waals surface area contributed by atoms with E-state index in [9.17, 15) is 4.79 Å². The van der Waals surface area contributed by atoms with Crippen LogP contribution in [0, 0.1) is 11.3 Å². The molecular formula is C10H10N6OS. The number of nitrogens with one attached hydrogen (secondary N) is 3. The van der Waals surface area contributed by atoms with Gasteiger partial charge >= 0.3 is 0 Å². The van der Waals surface area contributed by atoms with E-state index in [0.717, 1.165) is 0 Å². The van der Waals surface area contributed by atoms with E-state index in [-0.39, 0.29) is 12.3 Å². The van der Waals surface area contributed by atoms with Gasteiger partial charge in [0.15, 0.2) is 5.13 Å². The van der Waals surface area contributed by atoms with E-state index in [0.29, 0.717) is 23.1 Å². The summed E-state index contributed by atoms with van der Waals surface area (Å²) in [5.41, 5.74) is 0.877. The van der Waals surface area contributed by atoms with Gasteiger partial charge in [0, 0.05) is 18.1 Å². The number of anilines is 2. The Hall–Kier alpha value is -2.40. The molecule has 3 N–H and O–H groups in total. The van der Waals surface area contributed by atoms with Crippen LogP contribution >= 0.6 is 11.3 Å². The Labute approximate surface area is 107 Å². The molecule has 0 atom stereocenters. The van der Waals surface area contributed by atoms with Crippen LogP contribution in [0.1, 0.15) is 16.9 Å². The van der Waals surface area contributed by atoms with Gasteiger partial charge in [-0.1, -0.05) is 0 Å². The molecule has 0 saturated carbocycles. The number of carbonyl (C=O) groups is 1. The Kier molecular flexibility index (Phi) is 3.88. The van der Waals surface area contributed by atoms with Crippen molar-refractivity contribution >= 4 is 28.1 Å². The molecule has 0 unspecified atom stereocenters. The third-order valence-corrected chi connectivity index (χ3v) is 2.75. The molecule has 0 radical (unpaired) electrons. The molecule has 2 heterocycles. The Balaban J connectivity index is 2.03. The van der Waals surface area contributed by atoms with Crippen molar-refractivity contribution in [1.82, 2.24) is 20.5 Å². The van der Waals surface area contributed by atoms with Crippen LogP contribution < -0.4 is 10.6 Å². The number of nitrogens with zero attached hydrogens (tertiary/aromatic N) is 3. The van der Waals surface area contributed by atoms with Crippen molar-refractivity contribution in [1.29, 1.82) is 5.26 Å². The minimum atomic E-state index is -0.304. The summed E-state index contributed by atoms with van der Waals surface area (Å²) in [6.07, 6.45) is 3.45. The van der Waals surface area contributed by atoms with Crippen LogP contribution in [0.25, 0.3) is 0 Å². The number of hydrogen-bond donors (Lipinski definition) is 3. The van der Waals surface area contributed by atoms with Gasteiger partial charge < -0.3 is 10.6 Å². The topological polar surface area (TPSA) is 106 Å². The van der Waals surface area contributed by atoms with Crippen LogP contribution in [-0.2, 0) is 0 Å². The highest BCUT2D eigenvalue weighted by Crippen LogP contribution is 2.20. The van der Waals surface area contributed by atoms with Crippen LogP contribution in [0.2, 0.25) is 0 Å². The van der Waals surface area contributed by atoms with Gasteiger partial charge in [0.1, 0.15) is 5.69 Å². The number of nitriles is 1. The average molecular weight is 262 g/mol. The molecule has 0 bridgehead atoms. The van der Waals surface area contributed by atoms with Gasteiger partial charge in [0.25, 0.3) is 5.91 Å². The van der Waals surface area contributed by atoms with E-state index >= 15 is 0 Å². The molecular weight excluding hydrogens is 252 g/mol. The van der Waals surface area contributed by atoms with Crippen molar-refractivity contribution in [2.45, 2.75) is 6.42 Å². The zero-order valence-electron chi connectivity index (χ0n) is 9.30. The third-order valence-electron chi connectivity index (χ3n) is 2.06. The fourth-order valence-electron chi connectivity index (χ4n) is 1.27. The van der Waals surface area contributed by atoms with E-state index < -0.39 is 0 Å². The lowest BCUT2D eigenvalue weighted by Gasteiger charge is -2.04. The molecule has 2 aromatic rings. The van der Waals surface area contributed by atoms with E-state index in [1.807, 2.05) is 11.4 Å². The quantitative estimate of drug-likeness (QED) is 0.703. The van der Waals surface area contributed by atoms with Crippen molar-refractivity contribution < 1.29 is 4.79 Å². The van der Waals surface area contributed by atoms with Gasteiger partial charge in [0.05, 0.1) is 24.4 Å². The summed E-state index contributed by atoms with van der Waals surface area (Å²) in [6.45, 7) is 0.311. The molecule has 0 aliphatic carbocycles. The first-order chi connectivity index (χ1) is 8.81. The maximum absolute atomic E-state index is 11.8. The summed E-state index contributed by atoms with van der Waals surface area (Å²) in [5.74, 6) is -0.304. The van der Waals surface area contributed by atoms with E-state index in [1.54, 1.807) is 6.20 Å². The minimum Gasteiger partial charge on any atom is -0.350 e. The lowest BCUT2D eigenvalue weighted by atomic mass is 10.3. The molecule has 0 saturated heterocycles. The predicted molar refractivity (Wildman–Crippen MR) is 66.5 cm³/mol. The van der Waals surface area contributed by atoms with E-state index in [2.05, 4.69) is 25.8 Å². The van der Waals surface area contributed by atoms with Gasteiger partial charge in [0.2, 0.25) is 0 Å². The van der Waals surface area contributed by atoms with Crippen molar-refractivity contribution in [3.63, 3.8) is 0 Å². The zero-order valence-corrected chi connectivity index (χ0v) is 10.1. The fraction of sp³-hybridized carbons (Fsp3) is 0.200. The molecule has 8 heteroatoms. The third kappa shape index (κ3) is 2.83. The van der Waals surface area contributed by atoms with Gasteiger partial charge in [-0.05, 0) is 0 Å². The minimum absolute atomic E-state index is 0.273. The average Bonchev–Trinajstić information content (AvgIpc) is 3.01. The van der Waals surface area contributed by atoms with Crippen LogP contribution in [-0.4, -0.2) is 27.6 Å². The summed E-state index contributed by atoms with van der Waals surface area (Å²) in [7, 11) is 0. The van der Waals surface area contributed by atoms with Crippen molar-refractivity contribution in [2.75, 3.05) is 11.9 Å². The Morgan fingerprint density at radius 2 is 2.50 bits per heavy atom. The summed E-state index contributed by atoms with van der Waals surface area (Å²) >= 11 is 1.42. The highest BCUT2D eigenvalue weighted by atomic mass is 32.1. The number of aromatic amines is 1. The summed E-state index contributed by atoms with van der Waals surface area (Å²) in [5, 5.41) is 22.9. The summed E-state index contributed by atoms with van der Waals surface area (Å²) < 4.78 is 0. The van der Waals surface area contributed by atoms with Crippen LogP contribution in [0.4, 0.5) is 10.8 Å². The smallest absolute Gasteiger partial charge is 0.271 e. The van der Waals surface area contributed by atoms with Gasteiger partial charge in [-0.15, -0.1) is 11.3 Å². The number of H-pyrrole nitrogens is 1. The highest BCUT2D eigenvalue weighted by Gasteiger charge is 2.14. The SMILES string of the molecule is N#CCCNC(=O)c1[nH]ncc1Nc1nccs1. The van der Waals surface area contributed by atoms with Gasteiger partial charge in [-0.25, -0.2) is 4.98 Å². The Morgan fingerprint density at radius 1 is 1.61 bits per heavy atom. The Morgan fingerprint density at radius 3 is 3.22 bits per heavy atom. The molecule has 18 heavy (non-hydrogen) atoms. The molecule has 2 aromatic heterocycles. The van der Waals surface area contributed by atoms with Crippen LogP contribution in [0.15, 0.2) is 17.8 Å². The molecule has 0 spiro atoms. The fourth-order valence-corrected chi connectivity index (χ4v) is 1.82. The number of hydrogen-bond acceptors (Lipinski definition) is 6. The lowest BCUT2D eigenvalue weighted by Crippen LogP contribution is -2.25. The number of thiazole rings is 1. The van der Waals surface area contributed by atoms with Gasteiger partial charge in [-0.3, -0.25) is 9.89 Å². The largest absolute Gasteiger partial charge is 0.350 e. The molecule has 2 rings (SSSR count). The molecule has 92 valence electrons. The maximum Gasteiger partial charge on any atom is 0.271 e. The second-order valence-electron chi connectivity index (χ2n) is 3.28. The standard InChI is InChI=1S/C10H10N6OS/c11-2-1-3-12-9(17)8-7(6-14-16-8)15-10-13-4-5-18-10/h4-6H,1,3H2,(H,12,17)(H,13,15)(H,14,16). The summed E-state index contributed by atoms with van der Waals surface area (Å²) in [6, 6.07) is 1.95. The monoisotopic (exact) mass is 262 g/mol. The van der Waals surface area contributed by atoms with Crippen LogP contribution in [0.5, 0.6) is 0 Å². The van der Waals surface area contributed by atoms with E-state index in [4.69, 9.17) is 5.26 Å². The first kappa shape index (κ1) is 12.1. The first-order valence-corrected chi connectivity index (χ1v) is 6.04. The van der Waals surface area contributed by atoms with Crippen molar-refractivity contribution in [3.8, 4) is 6.07 Å². The molecule has 0 aliphatic heterocycles. The molecule has 7 nitrogen and oxygen atoms in total. The predicted octanol–water partition coefficient (Wildman–Crippen LogP) is 1.25. The number of carbonyl (C=O) groups excluding carboxylic acids is 1. The lowest BCUT2D eigenvalue weighted by molar-refractivity contribution is 0.0950. The number of amides is 1. The van der Waals surface area contributed by atoms with Crippen molar-refractivity contribution in [2.24, 2.45) is 0 Å². The number of rotatable bonds is 5. The second-order valence-corrected chi connectivity index (χ2v) is 4.18.